The number of hydrogen-bond acceptors (Lipinski definition) is 5. The molecule has 1 aliphatic rings. The molecule has 1 aromatic heterocycles. The Labute approximate surface area is 150 Å². The molecule has 7 nitrogen and oxygen atoms in total. The van der Waals surface area contributed by atoms with Crippen molar-refractivity contribution in [2.24, 2.45) is 0 Å². The second kappa shape index (κ2) is 8.33. The van der Waals surface area contributed by atoms with Gasteiger partial charge in [0.15, 0.2) is 12.4 Å². The maximum absolute atomic E-state index is 12.1. The van der Waals surface area contributed by atoms with E-state index in [1.54, 1.807) is 6.07 Å². The number of esters is 1. The molecule has 2 amide bonds. The summed E-state index contributed by atoms with van der Waals surface area (Å²) in [5.74, 6) is -1.47. The molecule has 1 atom stereocenters. The molecule has 136 valence electrons. The summed E-state index contributed by atoms with van der Waals surface area (Å²) >= 11 is 0. The highest BCUT2D eigenvalue weighted by molar-refractivity contribution is 5.93. The number of aryl methyl sites for hydroxylation is 1. The SMILES string of the molecule is O=C(COC(=O)CNC(=O)c1ccco1)N[C@H]1CCCc2ccccc21. The summed E-state index contributed by atoms with van der Waals surface area (Å²) in [6.45, 7) is -0.715. The number of furan rings is 1. The fourth-order valence-electron chi connectivity index (χ4n) is 2.98. The molecule has 2 aromatic rings. The third kappa shape index (κ3) is 4.50. The molecule has 0 bridgehead atoms. The van der Waals surface area contributed by atoms with E-state index in [1.807, 2.05) is 18.2 Å². The maximum atomic E-state index is 12.1. The predicted molar refractivity (Wildman–Crippen MR) is 92.3 cm³/mol. The Morgan fingerprint density at radius 2 is 2.00 bits per heavy atom. The summed E-state index contributed by atoms with van der Waals surface area (Å²) in [7, 11) is 0. The number of amides is 2. The molecule has 3 rings (SSSR count). The smallest absolute Gasteiger partial charge is 0.325 e. The van der Waals surface area contributed by atoms with Crippen molar-refractivity contribution < 1.29 is 23.5 Å². The minimum atomic E-state index is -0.691. The first-order chi connectivity index (χ1) is 12.6. The Kier molecular flexibility index (Phi) is 5.68. The minimum absolute atomic E-state index is 0.0650. The van der Waals surface area contributed by atoms with Gasteiger partial charge in [-0.25, -0.2) is 0 Å². The third-order valence-corrected chi connectivity index (χ3v) is 4.21. The van der Waals surface area contributed by atoms with Crippen LogP contribution in [0.1, 0.15) is 40.6 Å². The second-order valence-electron chi connectivity index (χ2n) is 6.03. The highest BCUT2D eigenvalue weighted by Crippen LogP contribution is 2.29. The van der Waals surface area contributed by atoms with Gasteiger partial charge in [0.05, 0.1) is 12.3 Å². The number of rotatable bonds is 6. The Hall–Kier alpha value is -3.09. The summed E-state index contributed by atoms with van der Waals surface area (Å²) in [5.41, 5.74) is 2.35. The lowest BCUT2D eigenvalue weighted by Gasteiger charge is -2.26. The van der Waals surface area contributed by atoms with Crippen LogP contribution >= 0.6 is 0 Å². The van der Waals surface area contributed by atoms with Crippen LogP contribution in [0.15, 0.2) is 47.1 Å². The van der Waals surface area contributed by atoms with Crippen molar-refractivity contribution in [3.63, 3.8) is 0 Å². The van der Waals surface area contributed by atoms with E-state index in [-0.39, 0.29) is 30.9 Å². The highest BCUT2D eigenvalue weighted by atomic mass is 16.5. The maximum Gasteiger partial charge on any atom is 0.325 e. The van der Waals surface area contributed by atoms with Crippen LogP contribution in [-0.2, 0) is 20.7 Å². The van der Waals surface area contributed by atoms with E-state index in [2.05, 4.69) is 16.7 Å². The quantitative estimate of drug-likeness (QED) is 0.769. The van der Waals surface area contributed by atoms with Gasteiger partial charge in [-0.1, -0.05) is 24.3 Å². The summed E-state index contributed by atoms with van der Waals surface area (Å²) in [5, 5.41) is 5.26. The van der Waals surface area contributed by atoms with Crippen LogP contribution in [0.4, 0.5) is 0 Å². The van der Waals surface area contributed by atoms with Gasteiger partial charge in [-0.05, 0) is 42.5 Å². The molecule has 1 aromatic carbocycles. The molecule has 0 aliphatic heterocycles. The standard InChI is InChI=1S/C19H20N2O5/c22-17(21-15-8-3-6-13-5-1-2-7-14(13)15)12-26-18(23)11-20-19(24)16-9-4-10-25-16/h1-2,4-5,7,9-10,15H,3,6,8,11-12H2,(H,20,24)(H,21,22)/t15-/m0/s1. The first-order valence-electron chi connectivity index (χ1n) is 8.48. The number of carbonyl (C=O) groups excluding carboxylic acids is 3. The number of fused-ring (bicyclic) bond motifs is 1. The van der Waals surface area contributed by atoms with Crippen LogP contribution in [0.3, 0.4) is 0 Å². The lowest BCUT2D eigenvalue weighted by Crippen LogP contribution is -2.36. The first kappa shape index (κ1) is 17.7. The van der Waals surface area contributed by atoms with Gasteiger partial charge in [-0.15, -0.1) is 0 Å². The first-order valence-corrected chi connectivity index (χ1v) is 8.48. The second-order valence-corrected chi connectivity index (χ2v) is 6.03. The van der Waals surface area contributed by atoms with Gasteiger partial charge >= 0.3 is 5.97 Å². The molecule has 7 heteroatoms. The lowest BCUT2D eigenvalue weighted by atomic mass is 9.88. The van der Waals surface area contributed by atoms with Crippen molar-refractivity contribution in [1.82, 2.24) is 10.6 Å². The number of hydrogen-bond donors (Lipinski definition) is 2. The molecular formula is C19H20N2O5. The number of benzene rings is 1. The molecular weight excluding hydrogens is 336 g/mol. The van der Waals surface area contributed by atoms with E-state index in [0.717, 1.165) is 24.8 Å². The van der Waals surface area contributed by atoms with E-state index < -0.39 is 11.9 Å². The van der Waals surface area contributed by atoms with Gasteiger partial charge in [0, 0.05) is 0 Å². The van der Waals surface area contributed by atoms with Gasteiger partial charge in [0.25, 0.3) is 11.8 Å². The van der Waals surface area contributed by atoms with Gasteiger partial charge in [-0.2, -0.15) is 0 Å². The van der Waals surface area contributed by atoms with Crippen LogP contribution in [0.5, 0.6) is 0 Å². The number of nitrogens with one attached hydrogen (secondary N) is 2. The fraction of sp³-hybridized carbons (Fsp3) is 0.316. The lowest BCUT2D eigenvalue weighted by molar-refractivity contribution is -0.147. The third-order valence-electron chi connectivity index (χ3n) is 4.21. The molecule has 1 aliphatic carbocycles. The highest BCUT2D eigenvalue weighted by Gasteiger charge is 2.21. The molecule has 2 N–H and O–H groups in total. The fourth-order valence-corrected chi connectivity index (χ4v) is 2.98. The van der Waals surface area contributed by atoms with E-state index in [9.17, 15) is 14.4 Å². The predicted octanol–water partition coefficient (Wildman–Crippen LogP) is 1.75. The number of ether oxygens (including phenoxy) is 1. The van der Waals surface area contributed by atoms with Gasteiger partial charge in [0.2, 0.25) is 0 Å². The average Bonchev–Trinajstić information content (AvgIpc) is 3.19. The zero-order valence-corrected chi connectivity index (χ0v) is 14.2. The normalized spacial score (nSPS) is 15.6. The van der Waals surface area contributed by atoms with E-state index in [1.165, 1.54) is 17.9 Å². The van der Waals surface area contributed by atoms with Crippen LogP contribution < -0.4 is 10.6 Å². The van der Waals surface area contributed by atoms with E-state index in [0.29, 0.717) is 0 Å². The Balaban J connectivity index is 1.42. The van der Waals surface area contributed by atoms with Crippen molar-refractivity contribution >= 4 is 17.8 Å². The zero-order valence-electron chi connectivity index (χ0n) is 14.2. The molecule has 26 heavy (non-hydrogen) atoms. The van der Waals surface area contributed by atoms with Crippen molar-refractivity contribution in [3.05, 3.63) is 59.5 Å². The van der Waals surface area contributed by atoms with Gasteiger partial charge in [0.1, 0.15) is 6.54 Å². The molecule has 0 saturated carbocycles. The topological polar surface area (TPSA) is 97.6 Å². The average molecular weight is 356 g/mol. The zero-order chi connectivity index (χ0) is 18.4. The van der Waals surface area contributed by atoms with Crippen molar-refractivity contribution in [1.29, 1.82) is 0 Å². The summed E-state index contributed by atoms with van der Waals surface area (Å²) in [6.07, 6.45) is 4.23. The van der Waals surface area contributed by atoms with Gasteiger partial charge in [-0.3, -0.25) is 14.4 Å². The number of carbonyl (C=O) groups is 3. The van der Waals surface area contributed by atoms with Crippen LogP contribution in [-0.4, -0.2) is 30.9 Å². The van der Waals surface area contributed by atoms with E-state index in [4.69, 9.17) is 9.15 Å². The van der Waals surface area contributed by atoms with Crippen LogP contribution in [0.2, 0.25) is 0 Å². The Morgan fingerprint density at radius 3 is 2.81 bits per heavy atom. The Bertz CT molecular complexity index is 785. The molecule has 0 unspecified atom stereocenters. The minimum Gasteiger partial charge on any atom is -0.459 e. The summed E-state index contributed by atoms with van der Waals surface area (Å²) in [6, 6.07) is 11.0. The van der Waals surface area contributed by atoms with E-state index >= 15 is 0 Å². The van der Waals surface area contributed by atoms with Crippen molar-refractivity contribution in [2.45, 2.75) is 25.3 Å². The van der Waals surface area contributed by atoms with Crippen LogP contribution in [0.25, 0.3) is 0 Å². The molecule has 0 fully saturated rings. The monoisotopic (exact) mass is 356 g/mol. The molecule has 1 heterocycles. The molecule has 0 radical (unpaired) electrons. The summed E-state index contributed by atoms with van der Waals surface area (Å²) in [4.78, 5) is 35.4. The largest absolute Gasteiger partial charge is 0.459 e. The van der Waals surface area contributed by atoms with Crippen molar-refractivity contribution in [2.75, 3.05) is 13.2 Å². The van der Waals surface area contributed by atoms with Crippen LogP contribution in [0, 0.1) is 0 Å². The molecule has 0 saturated heterocycles. The van der Waals surface area contributed by atoms with Gasteiger partial charge < -0.3 is 19.8 Å². The Morgan fingerprint density at radius 1 is 1.15 bits per heavy atom. The summed E-state index contributed by atoms with van der Waals surface area (Å²) < 4.78 is 9.82. The molecule has 0 spiro atoms. The van der Waals surface area contributed by atoms with Crippen molar-refractivity contribution in [3.8, 4) is 0 Å².